The van der Waals surface area contributed by atoms with Crippen molar-refractivity contribution >= 4 is 11.7 Å². The second kappa shape index (κ2) is 8.59. The van der Waals surface area contributed by atoms with Crippen LogP contribution in [0.2, 0.25) is 0 Å². The molecule has 2 heterocycles. The van der Waals surface area contributed by atoms with E-state index in [1.54, 1.807) is 0 Å². The average Bonchev–Trinajstić information content (AvgIpc) is 2.68. The molecule has 1 aliphatic heterocycles. The normalized spacial score (nSPS) is 15.6. The summed E-state index contributed by atoms with van der Waals surface area (Å²) in [6.45, 7) is 12.9. The third-order valence-corrected chi connectivity index (χ3v) is 4.97. The van der Waals surface area contributed by atoms with E-state index in [9.17, 15) is 4.79 Å². The van der Waals surface area contributed by atoms with Crippen molar-refractivity contribution in [2.75, 3.05) is 31.1 Å². The molecule has 0 aliphatic carbocycles. The Balaban J connectivity index is 1.58. The van der Waals surface area contributed by atoms with Gasteiger partial charge in [-0.1, -0.05) is 31.5 Å². The lowest BCUT2D eigenvalue weighted by molar-refractivity contribution is -0.138. The van der Waals surface area contributed by atoms with Gasteiger partial charge in [-0.25, -0.2) is 9.97 Å². The average molecular weight is 383 g/mol. The standard InChI is InChI=1S/C22H30N4O2/c1-15(2)21-23-17(4)14-20(24-21)25-10-12-26(13-11-25)22(27)18(5)28-19-8-6-16(3)7-9-19/h6-9,14-15,18H,10-13H2,1-5H3. The first-order chi connectivity index (χ1) is 13.3. The number of carbonyl (C=O) groups is 1. The molecule has 0 bridgehead atoms. The van der Waals surface area contributed by atoms with Crippen molar-refractivity contribution in [1.29, 1.82) is 0 Å². The minimum atomic E-state index is -0.497. The summed E-state index contributed by atoms with van der Waals surface area (Å²) < 4.78 is 5.83. The SMILES string of the molecule is Cc1ccc(OC(C)C(=O)N2CCN(c3cc(C)nc(C(C)C)n3)CC2)cc1. The maximum Gasteiger partial charge on any atom is 0.263 e. The van der Waals surface area contributed by atoms with E-state index < -0.39 is 6.10 Å². The predicted octanol–water partition coefficient (Wildman–Crippen LogP) is 3.33. The van der Waals surface area contributed by atoms with Crippen LogP contribution < -0.4 is 9.64 Å². The largest absolute Gasteiger partial charge is 0.481 e. The molecule has 2 aromatic rings. The summed E-state index contributed by atoms with van der Waals surface area (Å²) in [5.41, 5.74) is 2.15. The molecule has 150 valence electrons. The summed E-state index contributed by atoms with van der Waals surface area (Å²) in [5, 5.41) is 0. The Labute approximate surface area is 167 Å². The van der Waals surface area contributed by atoms with Gasteiger partial charge in [0.2, 0.25) is 0 Å². The van der Waals surface area contributed by atoms with Crippen molar-refractivity contribution in [2.45, 2.75) is 46.6 Å². The second-order valence-electron chi connectivity index (χ2n) is 7.77. The lowest BCUT2D eigenvalue weighted by atomic mass is 10.2. The van der Waals surface area contributed by atoms with Gasteiger partial charge < -0.3 is 14.5 Å². The van der Waals surface area contributed by atoms with E-state index in [1.165, 1.54) is 5.56 Å². The summed E-state index contributed by atoms with van der Waals surface area (Å²) in [6.07, 6.45) is -0.497. The van der Waals surface area contributed by atoms with Crippen LogP contribution >= 0.6 is 0 Å². The molecule has 3 rings (SSSR count). The number of hydrogen-bond donors (Lipinski definition) is 0. The first kappa shape index (κ1) is 20.1. The molecule has 6 heteroatoms. The summed E-state index contributed by atoms with van der Waals surface area (Å²) in [4.78, 5) is 26.1. The zero-order valence-corrected chi connectivity index (χ0v) is 17.5. The van der Waals surface area contributed by atoms with Crippen molar-refractivity contribution < 1.29 is 9.53 Å². The summed E-state index contributed by atoms with van der Waals surface area (Å²) in [5.74, 6) is 2.87. The highest BCUT2D eigenvalue weighted by atomic mass is 16.5. The van der Waals surface area contributed by atoms with E-state index in [2.05, 4.69) is 23.7 Å². The highest BCUT2D eigenvalue weighted by Crippen LogP contribution is 2.20. The van der Waals surface area contributed by atoms with Crippen LogP contribution in [0.3, 0.4) is 0 Å². The van der Waals surface area contributed by atoms with E-state index in [1.807, 2.05) is 56.0 Å². The van der Waals surface area contributed by atoms with Crippen LogP contribution in [-0.4, -0.2) is 53.1 Å². The topological polar surface area (TPSA) is 58.6 Å². The van der Waals surface area contributed by atoms with Gasteiger partial charge in [-0.3, -0.25) is 4.79 Å². The maximum absolute atomic E-state index is 12.8. The van der Waals surface area contributed by atoms with E-state index >= 15 is 0 Å². The highest BCUT2D eigenvalue weighted by Gasteiger charge is 2.27. The fourth-order valence-corrected chi connectivity index (χ4v) is 3.28. The van der Waals surface area contributed by atoms with Gasteiger partial charge in [0.15, 0.2) is 6.10 Å². The number of aryl methyl sites for hydroxylation is 2. The summed E-state index contributed by atoms with van der Waals surface area (Å²) >= 11 is 0. The van der Waals surface area contributed by atoms with Gasteiger partial charge in [0.25, 0.3) is 5.91 Å². The van der Waals surface area contributed by atoms with Crippen molar-refractivity contribution in [3.8, 4) is 5.75 Å². The molecular weight excluding hydrogens is 352 g/mol. The molecule has 1 unspecified atom stereocenters. The monoisotopic (exact) mass is 382 g/mol. The summed E-state index contributed by atoms with van der Waals surface area (Å²) in [7, 11) is 0. The van der Waals surface area contributed by atoms with Gasteiger partial charge in [0, 0.05) is 43.9 Å². The first-order valence-electron chi connectivity index (χ1n) is 9.96. The maximum atomic E-state index is 12.8. The molecule has 0 radical (unpaired) electrons. The fourth-order valence-electron chi connectivity index (χ4n) is 3.28. The van der Waals surface area contributed by atoms with Crippen LogP contribution in [0.15, 0.2) is 30.3 Å². The van der Waals surface area contributed by atoms with E-state index in [-0.39, 0.29) is 5.91 Å². The van der Waals surface area contributed by atoms with Crippen LogP contribution in [0, 0.1) is 13.8 Å². The molecule has 1 aliphatic rings. The van der Waals surface area contributed by atoms with Crippen LogP contribution in [0.1, 0.15) is 43.8 Å². The number of anilines is 1. The molecule has 1 saturated heterocycles. The van der Waals surface area contributed by atoms with Gasteiger partial charge in [-0.05, 0) is 32.9 Å². The Bertz CT molecular complexity index is 812. The minimum absolute atomic E-state index is 0.0296. The Morgan fingerprint density at radius 1 is 1.00 bits per heavy atom. The predicted molar refractivity (Wildman–Crippen MR) is 111 cm³/mol. The smallest absolute Gasteiger partial charge is 0.263 e. The molecule has 1 amide bonds. The number of ether oxygens (including phenoxy) is 1. The lowest BCUT2D eigenvalue weighted by Gasteiger charge is -2.36. The third-order valence-electron chi connectivity index (χ3n) is 4.97. The quantitative estimate of drug-likeness (QED) is 0.794. The fraction of sp³-hybridized carbons (Fsp3) is 0.500. The van der Waals surface area contributed by atoms with Gasteiger partial charge in [0.1, 0.15) is 17.4 Å². The Morgan fingerprint density at radius 3 is 2.25 bits per heavy atom. The Hall–Kier alpha value is -2.63. The molecular formula is C22H30N4O2. The molecule has 0 spiro atoms. The van der Waals surface area contributed by atoms with Crippen LogP contribution in [-0.2, 0) is 4.79 Å². The zero-order chi connectivity index (χ0) is 20.3. The lowest BCUT2D eigenvalue weighted by Crippen LogP contribution is -2.52. The number of piperazine rings is 1. The number of benzene rings is 1. The third kappa shape index (κ3) is 4.80. The Morgan fingerprint density at radius 2 is 1.64 bits per heavy atom. The number of hydrogen-bond acceptors (Lipinski definition) is 5. The molecule has 28 heavy (non-hydrogen) atoms. The van der Waals surface area contributed by atoms with Crippen molar-refractivity contribution in [1.82, 2.24) is 14.9 Å². The second-order valence-corrected chi connectivity index (χ2v) is 7.77. The number of amides is 1. The Kier molecular flexibility index (Phi) is 6.17. The van der Waals surface area contributed by atoms with Gasteiger partial charge in [0.05, 0.1) is 0 Å². The molecule has 0 N–H and O–H groups in total. The molecule has 1 aromatic heterocycles. The van der Waals surface area contributed by atoms with Crippen LogP contribution in [0.25, 0.3) is 0 Å². The first-order valence-corrected chi connectivity index (χ1v) is 9.96. The molecule has 1 fully saturated rings. The molecule has 1 aromatic carbocycles. The minimum Gasteiger partial charge on any atom is -0.481 e. The number of aromatic nitrogens is 2. The number of carbonyl (C=O) groups excluding carboxylic acids is 1. The van der Waals surface area contributed by atoms with Gasteiger partial charge in [-0.2, -0.15) is 0 Å². The highest BCUT2D eigenvalue weighted by molar-refractivity contribution is 5.81. The molecule has 1 atom stereocenters. The zero-order valence-electron chi connectivity index (χ0n) is 17.5. The van der Waals surface area contributed by atoms with Crippen molar-refractivity contribution in [2.24, 2.45) is 0 Å². The van der Waals surface area contributed by atoms with Gasteiger partial charge >= 0.3 is 0 Å². The number of nitrogens with zero attached hydrogens (tertiary/aromatic N) is 4. The van der Waals surface area contributed by atoms with E-state index in [4.69, 9.17) is 9.72 Å². The van der Waals surface area contributed by atoms with Crippen molar-refractivity contribution in [3.63, 3.8) is 0 Å². The van der Waals surface area contributed by atoms with Crippen LogP contribution in [0.5, 0.6) is 5.75 Å². The van der Waals surface area contributed by atoms with E-state index in [0.717, 1.165) is 36.2 Å². The van der Waals surface area contributed by atoms with Gasteiger partial charge in [-0.15, -0.1) is 0 Å². The van der Waals surface area contributed by atoms with Crippen LogP contribution in [0.4, 0.5) is 5.82 Å². The number of rotatable bonds is 5. The molecule has 0 saturated carbocycles. The summed E-state index contributed by atoms with van der Waals surface area (Å²) in [6, 6.07) is 9.80. The van der Waals surface area contributed by atoms with E-state index in [0.29, 0.717) is 19.0 Å². The molecule has 6 nitrogen and oxygen atoms in total. The van der Waals surface area contributed by atoms with Crippen molar-refractivity contribution in [3.05, 3.63) is 47.4 Å².